The Morgan fingerprint density at radius 2 is 2.09 bits per heavy atom. The minimum absolute atomic E-state index is 0.0629. The number of aromatic nitrogens is 4. The number of benzene rings is 1. The molecular weight excluding hydrogens is 316 g/mol. The van der Waals surface area contributed by atoms with Crippen molar-refractivity contribution >= 4 is 22.7 Å². The van der Waals surface area contributed by atoms with E-state index in [1.54, 1.807) is 23.5 Å². The monoisotopic (exact) mass is 326 g/mol. The summed E-state index contributed by atoms with van der Waals surface area (Å²) in [6.07, 6.45) is 0. The summed E-state index contributed by atoms with van der Waals surface area (Å²) in [5, 5.41) is 25.0. The molecule has 1 aromatic carbocycles. The third-order valence-corrected chi connectivity index (χ3v) is 4.31. The first-order valence-electron chi connectivity index (χ1n) is 6.83. The highest BCUT2D eigenvalue weighted by Crippen LogP contribution is 2.34. The van der Waals surface area contributed by atoms with Gasteiger partial charge in [-0.1, -0.05) is 18.2 Å². The molecule has 3 heterocycles. The van der Waals surface area contributed by atoms with E-state index in [2.05, 4.69) is 20.4 Å². The maximum absolute atomic E-state index is 10.6. The molecule has 8 nitrogen and oxygen atoms in total. The summed E-state index contributed by atoms with van der Waals surface area (Å²) in [4.78, 5) is 17.2. The van der Waals surface area contributed by atoms with E-state index >= 15 is 0 Å². The van der Waals surface area contributed by atoms with Crippen LogP contribution < -0.4 is 0 Å². The fraction of sp³-hybridized carbons (Fsp3) is 0.143. The Bertz CT molecular complexity index is 884. The number of aliphatic imine (C=N–C) groups is 1. The first-order valence-corrected chi connectivity index (χ1v) is 7.71. The lowest BCUT2D eigenvalue weighted by molar-refractivity contribution is -0.384. The average molecular weight is 326 g/mol. The predicted molar refractivity (Wildman–Crippen MR) is 83.6 cm³/mol. The summed E-state index contributed by atoms with van der Waals surface area (Å²) in [6.45, 7) is 0.409. The van der Waals surface area contributed by atoms with Crippen LogP contribution in [0, 0.1) is 10.1 Å². The van der Waals surface area contributed by atoms with E-state index in [1.165, 1.54) is 16.9 Å². The normalized spacial score (nSPS) is 16.2. The van der Waals surface area contributed by atoms with Gasteiger partial charge in [-0.3, -0.25) is 15.1 Å². The molecule has 0 bridgehead atoms. The van der Waals surface area contributed by atoms with E-state index < -0.39 is 4.92 Å². The molecule has 1 aliphatic heterocycles. The van der Waals surface area contributed by atoms with Crippen LogP contribution in [-0.4, -0.2) is 30.8 Å². The van der Waals surface area contributed by atoms with Gasteiger partial charge in [-0.15, -0.1) is 21.5 Å². The number of nitro groups is 1. The summed E-state index contributed by atoms with van der Waals surface area (Å²) in [5.74, 6) is 0.579. The van der Waals surface area contributed by atoms with Gasteiger partial charge in [-0.2, -0.15) is 4.80 Å². The smallest absolute Gasteiger partial charge is 0.267 e. The van der Waals surface area contributed by atoms with Gasteiger partial charge in [0.1, 0.15) is 0 Å². The molecule has 0 N–H and O–H groups in total. The summed E-state index contributed by atoms with van der Waals surface area (Å²) >= 11 is 1.64. The third kappa shape index (κ3) is 2.73. The quantitative estimate of drug-likeness (QED) is 0.529. The number of nitro benzene ring substituents is 1. The van der Waals surface area contributed by atoms with Gasteiger partial charge in [0, 0.05) is 12.1 Å². The molecular formula is C14H10N6O2S. The molecule has 114 valence electrons. The molecule has 0 fully saturated rings. The van der Waals surface area contributed by atoms with Crippen LogP contribution in [0.25, 0.3) is 0 Å². The first-order chi connectivity index (χ1) is 11.2. The van der Waals surface area contributed by atoms with Crippen molar-refractivity contribution in [2.75, 3.05) is 0 Å². The topological polar surface area (TPSA) is 99.1 Å². The van der Waals surface area contributed by atoms with Gasteiger partial charge in [-0.25, -0.2) is 0 Å². The van der Waals surface area contributed by atoms with E-state index in [1.807, 2.05) is 17.5 Å². The molecule has 2 aromatic heterocycles. The number of rotatable bonds is 5. The highest BCUT2D eigenvalue weighted by molar-refractivity contribution is 7.12. The van der Waals surface area contributed by atoms with Gasteiger partial charge < -0.3 is 0 Å². The number of nitrogens with zero attached hydrogens (tertiary/aromatic N) is 6. The van der Waals surface area contributed by atoms with Gasteiger partial charge in [0.15, 0.2) is 6.04 Å². The molecule has 0 spiro atoms. The van der Waals surface area contributed by atoms with Gasteiger partial charge in [-0.05, 0) is 22.2 Å². The maximum atomic E-state index is 10.6. The lowest BCUT2D eigenvalue weighted by atomic mass is 10.2. The van der Waals surface area contributed by atoms with E-state index in [9.17, 15) is 10.1 Å². The van der Waals surface area contributed by atoms with Crippen LogP contribution in [0.3, 0.4) is 0 Å². The number of hydrogen-bond acceptors (Lipinski definition) is 7. The van der Waals surface area contributed by atoms with Crippen LogP contribution in [0.15, 0.2) is 46.8 Å². The zero-order chi connectivity index (χ0) is 15.8. The van der Waals surface area contributed by atoms with Crippen LogP contribution in [0.5, 0.6) is 0 Å². The Morgan fingerprint density at radius 1 is 1.26 bits per heavy atom. The van der Waals surface area contributed by atoms with Crippen LogP contribution in [0.2, 0.25) is 0 Å². The molecule has 1 atom stereocenters. The van der Waals surface area contributed by atoms with Crippen LogP contribution >= 0.6 is 11.3 Å². The largest absolute Gasteiger partial charge is 0.269 e. The van der Waals surface area contributed by atoms with E-state index in [0.717, 1.165) is 16.2 Å². The molecule has 0 saturated heterocycles. The highest BCUT2D eigenvalue weighted by Gasteiger charge is 2.35. The van der Waals surface area contributed by atoms with Crippen molar-refractivity contribution in [1.29, 1.82) is 0 Å². The van der Waals surface area contributed by atoms with Crippen LogP contribution in [-0.2, 0) is 6.54 Å². The zero-order valence-corrected chi connectivity index (χ0v) is 12.6. The number of tetrazole rings is 1. The fourth-order valence-corrected chi connectivity index (χ4v) is 2.97. The molecule has 1 unspecified atom stereocenters. The van der Waals surface area contributed by atoms with E-state index in [0.29, 0.717) is 12.4 Å². The average Bonchev–Trinajstić information content (AvgIpc) is 2.98. The predicted octanol–water partition coefficient (Wildman–Crippen LogP) is 2.24. The summed E-state index contributed by atoms with van der Waals surface area (Å²) in [5.41, 5.74) is 1.93. The Hall–Kier alpha value is -2.94. The van der Waals surface area contributed by atoms with Crippen molar-refractivity contribution < 1.29 is 4.92 Å². The molecule has 0 aliphatic carbocycles. The zero-order valence-electron chi connectivity index (χ0n) is 11.7. The van der Waals surface area contributed by atoms with Gasteiger partial charge in [0.25, 0.3) is 5.69 Å². The SMILES string of the molecule is O=[N+]([O-])c1ccc(Cn2nnc(C3N=C3c3cccs3)n2)cc1. The van der Waals surface area contributed by atoms with Crippen molar-refractivity contribution in [2.45, 2.75) is 12.6 Å². The van der Waals surface area contributed by atoms with Gasteiger partial charge in [0.2, 0.25) is 5.82 Å². The molecule has 3 aromatic rings. The Labute approximate surface area is 134 Å². The standard InChI is InChI=1S/C14H10N6O2S/c21-20(22)10-5-3-9(4-6-10)8-19-17-14(16-18-19)13-12(15-13)11-2-1-7-23-11/h1-7,13H,8H2. The maximum Gasteiger partial charge on any atom is 0.269 e. The molecule has 0 amide bonds. The third-order valence-electron chi connectivity index (χ3n) is 3.42. The van der Waals surface area contributed by atoms with Crippen molar-refractivity contribution in [3.63, 3.8) is 0 Å². The molecule has 0 saturated carbocycles. The molecule has 4 rings (SSSR count). The summed E-state index contributed by atoms with van der Waals surface area (Å²) in [7, 11) is 0. The second-order valence-corrected chi connectivity index (χ2v) is 5.94. The minimum Gasteiger partial charge on any atom is -0.267 e. The lowest BCUT2D eigenvalue weighted by Gasteiger charge is -1.98. The van der Waals surface area contributed by atoms with Crippen LogP contribution in [0.1, 0.15) is 22.3 Å². The van der Waals surface area contributed by atoms with Gasteiger partial charge in [0.05, 0.1) is 22.1 Å². The van der Waals surface area contributed by atoms with Crippen LogP contribution in [0.4, 0.5) is 5.69 Å². The van der Waals surface area contributed by atoms with E-state index in [-0.39, 0.29) is 11.7 Å². The van der Waals surface area contributed by atoms with E-state index in [4.69, 9.17) is 0 Å². The lowest BCUT2D eigenvalue weighted by Crippen LogP contribution is -2.04. The molecule has 23 heavy (non-hydrogen) atoms. The highest BCUT2D eigenvalue weighted by atomic mass is 32.1. The molecule has 1 aliphatic rings. The minimum atomic E-state index is -0.424. The Kier molecular flexibility index (Phi) is 3.19. The van der Waals surface area contributed by atoms with Crippen molar-refractivity contribution in [3.8, 4) is 0 Å². The number of hydrogen-bond donors (Lipinski definition) is 0. The Balaban J connectivity index is 1.44. The second kappa shape index (κ2) is 5.36. The summed E-state index contributed by atoms with van der Waals surface area (Å²) < 4.78 is 0. The second-order valence-electron chi connectivity index (χ2n) is 5.00. The first kappa shape index (κ1) is 13.7. The Morgan fingerprint density at radius 3 is 2.78 bits per heavy atom. The molecule has 0 radical (unpaired) electrons. The number of thiophene rings is 1. The fourth-order valence-electron chi connectivity index (χ4n) is 2.22. The summed E-state index contributed by atoms with van der Waals surface area (Å²) in [6, 6.07) is 10.2. The van der Waals surface area contributed by atoms with Gasteiger partial charge >= 0.3 is 0 Å². The van der Waals surface area contributed by atoms with Crippen molar-refractivity contribution in [3.05, 3.63) is 68.2 Å². The van der Waals surface area contributed by atoms with Crippen molar-refractivity contribution in [1.82, 2.24) is 20.2 Å². The number of non-ortho nitro benzene ring substituents is 1. The van der Waals surface area contributed by atoms with Crippen molar-refractivity contribution in [2.24, 2.45) is 4.99 Å². The molecule has 9 heteroatoms.